The first-order chi connectivity index (χ1) is 15.4. The van der Waals surface area contributed by atoms with E-state index >= 15 is 0 Å². The summed E-state index contributed by atoms with van der Waals surface area (Å²) in [5, 5.41) is 2.77. The molecule has 172 valence electrons. The van der Waals surface area contributed by atoms with Gasteiger partial charge in [0.1, 0.15) is 5.82 Å². The Hall–Kier alpha value is -2.46. The molecule has 5 rings (SSSR count). The Bertz CT molecular complexity index is 1010. The molecule has 3 aliphatic heterocycles. The molecule has 3 aliphatic rings. The molecule has 32 heavy (non-hydrogen) atoms. The van der Waals surface area contributed by atoms with E-state index in [1.165, 1.54) is 6.92 Å². The van der Waals surface area contributed by atoms with Gasteiger partial charge in [0.15, 0.2) is 17.5 Å². The van der Waals surface area contributed by atoms with E-state index < -0.39 is 23.1 Å². The predicted molar refractivity (Wildman–Crippen MR) is 114 cm³/mol. The first kappa shape index (κ1) is 21.4. The highest BCUT2D eigenvalue weighted by Crippen LogP contribution is 2.32. The molecule has 3 unspecified atom stereocenters. The fourth-order valence-corrected chi connectivity index (χ4v) is 4.88. The van der Waals surface area contributed by atoms with Crippen LogP contribution in [0.1, 0.15) is 42.9 Å². The van der Waals surface area contributed by atoms with E-state index in [4.69, 9.17) is 9.72 Å². The first-order valence-corrected chi connectivity index (χ1v) is 11.1. The number of piperidine rings is 1. The third-order valence-electron chi connectivity index (χ3n) is 6.61. The Morgan fingerprint density at radius 2 is 1.75 bits per heavy atom. The van der Waals surface area contributed by atoms with Crippen molar-refractivity contribution in [3.8, 4) is 0 Å². The number of rotatable bonds is 4. The molecule has 3 fully saturated rings. The van der Waals surface area contributed by atoms with Crippen LogP contribution in [0, 0.1) is 24.5 Å². The van der Waals surface area contributed by atoms with Gasteiger partial charge in [-0.05, 0) is 46.2 Å². The monoisotopic (exact) mass is 448 g/mol. The number of hydrogen-bond acceptors (Lipinski definition) is 7. The number of hydrogen-bond donors (Lipinski definition) is 1. The summed E-state index contributed by atoms with van der Waals surface area (Å²) < 4.78 is 48.1. The number of nitrogens with zero attached hydrogens (tertiary/aromatic N) is 5. The molecule has 0 amide bonds. The van der Waals surface area contributed by atoms with Gasteiger partial charge in [0.25, 0.3) is 5.95 Å². The number of aromatic nitrogens is 3. The average molecular weight is 448 g/mol. The number of halogens is 3. The van der Waals surface area contributed by atoms with Crippen molar-refractivity contribution in [2.24, 2.45) is 0 Å². The topological polar surface area (TPSA) is 66.4 Å². The van der Waals surface area contributed by atoms with Crippen molar-refractivity contribution in [2.75, 3.05) is 43.4 Å². The van der Waals surface area contributed by atoms with Gasteiger partial charge in [0.2, 0.25) is 5.95 Å². The summed E-state index contributed by atoms with van der Waals surface area (Å²) in [5.41, 5.74) is 0.427. The molecule has 3 saturated heterocycles. The zero-order chi connectivity index (χ0) is 22.4. The lowest BCUT2D eigenvalue weighted by atomic mass is 9.95. The van der Waals surface area contributed by atoms with Gasteiger partial charge in [0.05, 0.1) is 17.9 Å². The second-order valence-corrected chi connectivity index (χ2v) is 9.07. The second-order valence-electron chi connectivity index (χ2n) is 9.07. The zero-order valence-corrected chi connectivity index (χ0v) is 18.2. The highest BCUT2D eigenvalue weighted by molar-refractivity contribution is 5.56. The molecular formula is C22H27F3N6O. The SMILES string of the molecule is Cc1c(F)c(F)nc(Nc2cc(C3CCCN(C)C3)nc(N3CC4CCC(C3)O4)n2)c1F. The fraction of sp³-hybridized carbons (Fsp3) is 0.591. The second kappa shape index (κ2) is 8.47. The highest BCUT2D eigenvalue weighted by Gasteiger charge is 2.35. The molecule has 2 aromatic heterocycles. The summed E-state index contributed by atoms with van der Waals surface area (Å²) >= 11 is 0. The van der Waals surface area contributed by atoms with Crippen molar-refractivity contribution >= 4 is 17.6 Å². The maximum absolute atomic E-state index is 14.6. The lowest BCUT2D eigenvalue weighted by Gasteiger charge is -2.33. The van der Waals surface area contributed by atoms with Crippen LogP contribution in [0.2, 0.25) is 0 Å². The first-order valence-electron chi connectivity index (χ1n) is 11.1. The molecule has 0 aromatic carbocycles. The van der Waals surface area contributed by atoms with Crippen LogP contribution in [0.15, 0.2) is 6.07 Å². The number of likely N-dealkylation sites (N-methyl/N-ethyl adjacent to an activating group) is 1. The Morgan fingerprint density at radius 1 is 1.00 bits per heavy atom. The van der Waals surface area contributed by atoms with Gasteiger partial charge in [-0.25, -0.2) is 13.8 Å². The number of likely N-dealkylation sites (tertiary alicyclic amines) is 1. The van der Waals surface area contributed by atoms with Crippen molar-refractivity contribution in [2.45, 2.75) is 50.7 Å². The van der Waals surface area contributed by atoms with Crippen LogP contribution in [0.3, 0.4) is 0 Å². The Morgan fingerprint density at radius 3 is 2.47 bits per heavy atom. The van der Waals surface area contributed by atoms with Crippen molar-refractivity contribution in [1.29, 1.82) is 0 Å². The normalized spacial score (nSPS) is 25.9. The summed E-state index contributed by atoms with van der Waals surface area (Å²) in [6.07, 6.45) is 4.40. The number of ether oxygens (including phenoxy) is 1. The third-order valence-corrected chi connectivity index (χ3v) is 6.61. The lowest BCUT2D eigenvalue weighted by Crippen LogP contribution is -2.43. The number of anilines is 3. The minimum atomic E-state index is -1.35. The highest BCUT2D eigenvalue weighted by atomic mass is 19.2. The summed E-state index contributed by atoms with van der Waals surface area (Å²) in [7, 11) is 2.08. The lowest BCUT2D eigenvalue weighted by molar-refractivity contribution is 0.0299. The minimum absolute atomic E-state index is 0.159. The fourth-order valence-electron chi connectivity index (χ4n) is 4.88. The van der Waals surface area contributed by atoms with Crippen LogP contribution in [0.4, 0.5) is 30.8 Å². The molecule has 3 atom stereocenters. The van der Waals surface area contributed by atoms with Gasteiger partial charge < -0.3 is 19.9 Å². The maximum atomic E-state index is 14.6. The molecule has 0 spiro atoms. The van der Waals surface area contributed by atoms with Crippen molar-refractivity contribution in [3.63, 3.8) is 0 Å². The summed E-state index contributed by atoms with van der Waals surface area (Å²) in [6.45, 7) is 4.47. The van der Waals surface area contributed by atoms with Crippen LogP contribution in [0.25, 0.3) is 0 Å². The van der Waals surface area contributed by atoms with E-state index in [0.29, 0.717) is 24.9 Å². The van der Waals surface area contributed by atoms with Crippen molar-refractivity contribution in [1.82, 2.24) is 19.9 Å². The average Bonchev–Trinajstić information content (AvgIpc) is 3.13. The molecule has 2 aromatic rings. The molecule has 7 nitrogen and oxygen atoms in total. The summed E-state index contributed by atoms with van der Waals surface area (Å²) in [6, 6.07) is 1.76. The molecule has 0 aliphatic carbocycles. The van der Waals surface area contributed by atoms with E-state index in [0.717, 1.165) is 44.5 Å². The van der Waals surface area contributed by atoms with E-state index in [1.807, 2.05) is 0 Å². The van der Waals surface area contributed by atoms with Gasteiger partial charge >= 0.3 is 0 Å². The largest absolute Gasteiger partial charge is 0.371 e. The van der Waals surface area contributed by atoms with Crippen LogP contribution in [-0.4, -0.2) is 65.3 Å². The number of nitrogens with one attached hydrogen (secondary N) is 1. The quantitative estimate of drug-likeness (QED) is 0.718. The van der Waals surface area contributed by atoms with Gasteiger partial charge in [-0.15, -0.1) is 0 Å². The zero-order valence-electron chi connectivity index (χ0n) is 18.2. The molecule has 0 saturated carbocycles. The predicted octanol–water partition coefficient (Wildman–Crippen LogP) is 3.52. The van der Waals surface area contributed by atoms with Crippen LogP contribution >= 0.6 is 0 Å². The number of pyridine rings is 1. The molecule has 0 radical (unpaired) electrons. The Kier molecular flexibility index (Phi) is 5.66. The smallest absolute Gasteiger partial charge is 0.251 e. The third kappa shape index (κ3) is 4.13. The van der Waals surface area contributed by atoms with E-state index in [2.05, 4.69) is 32.1 Å². The molecule has 10 heteroatoms. The van der Waals surface area contributed by atoms with Gasteiger partial charge in [-0.1, -0.05) is 0 Å². The van der Waals surface area contributed by atoms with E-state index in [9.17, 15) is 13.2 Å². The Balaban J connectivity index is 1.51. The standard InChI is InChI=1S/C22H27F3N6O/c1-12-18(23)20(25)29-21(19(12)24)27-17-8-16(13-4-3-7-30(2)9-13)26-22(28-17)31-10-14-5-6-15(11-31)32-14/h8,13-15H,3-7,9-11H2,1-2H3,(H,26,27,28,29). The van der Waals surface area contributed by atoms with Gasteiger partial charge in [0, 0.05) is 37.2 Å². The van der Waals surface area contributed by atoms with Crippen LogP contribution in [-0.2, 0) is 4.74 Å². The summed E-state index contributed by atoms with van der Waals surface area (Å²) in [5.74, 6) is -2.90. The molecule has 5 heterocycles. The number of morpholine rings is 1. The Labute approximate surface area is 185 Å². The number of fused-ring (bicyclic) bond motifs is 2. The molecular weight excluding hydrogens is 421 g/mol. The van der Waals surface area contributed by atoms with Crippen molar-refractivity contribution < 1.29 is 17.9 Å². The van der Waals surface area contributed by atoms with Gasteiger partial charge in [-0.3, -0.25) is 0 Å². The molecule has 2 bridgehead atoms. The van der Waals surface area contributed by atoms with E-state index in [1.54, 1.807) is 6.07 Å². The molecule has 1 N–H and O–H groups in total. The van der Waals surface area contributed by atoms with Gasteiger partial charge in [-0.2, -0.15) is 14.4 Å². The minimum Gasteiger partial charge on any atom is -0.371 e. The maximum Gasteiger partial charge on any atom is 0.251 e. The van der Waals surface area contributed by atoms with Crippen molar-refractivity contribution in [3.05, 3.63) is 34.9 Å². The van der Waals surface area contributed by atoms with Crippen LogP contribution < -0.4 is 10.2 Å². The van der Waals surface area contributed by atoms with E-state index in [-0.39, 0.29) is 23.9 Å². The van der Waals surface area contributed by atoms with Crippen LogP contribution in [0.5, 0.6) is 0 Å². The summed E-state index contributed by atoms with van der Waals surface area (Å²) in [4.78, 5) is 17.3.